The van der Waals surface area contributed by atoms with Crippen molar-refractivity contribution in [3.8, 4) is 17.2 Å². The van der Waals surface area contributed by atoms with Crippen molar-refractivity contribution in [1.29, 1.82) is 0 Å². The van der Waals surface area contributed by atoms with Crippen LogP contribution in [-0.4, -0.2) is 45.1 Å². The summed E-state index contributed by atoms with van der Waals surface area (Å²) in [5.41, 5.74) is 5.94. The third-order valence-corrected chi connectivity index (χ3v) is 3.64. The Morgan fingerprint density at radius 3 is 2.40 bits per heavy atom. The van der Waals surface area contributed by atoms with Crippen molar-refractivity contribution < 1.29 is 23.8 Å². The van der Waals surface area contributed by atoms with Crippen LogP contribution < -0.4 is 25.1 Å². The maximum atomic E-state index is 11.9. The van der Waals surface area contributed by atoms with Gasteiger partial charge in [-0.1, -0.05) is 0 Å². The van der Waals surface area contributed by atoms with Crippen LogP contribution in [0.5, 0.6) is 17.2 Å². The Kier molecular flexibility index (Phi) is 5.93. The molecule has 9 heteroatoms. The van der Waals surface area contributed by atoms with Crippen LogP contribution in [0.1, 0.15) is 18.9 Å². The summed E-state index contributed by atoms with van der Waals surface area (Å²) in [5.74, 6) is 0.180. The van der Waals surface area contributed by atoms with Gasteiger partial charge in [-0.2, -0.15) is 10.2 Å². The number of nitrogens with one attached hydrogen (secondary N) is 2. The van der Waals surface area contributed by atoms with Crippen LogP contribution in [0, 0.1) is 5.92 Å². The average Bonchev–Trinajstić information content (AvgIpc) is 2.92. The minimum absolute atomic E-state index is 0.0201. The van der Waals surface area contributed by atoms with Gasteiger partial charge in [-0.3, -0.25) is 9.59 Å². The number of hydrogen-bond acceptors (Lipinski definition) is 7. The second kappa shape index (κ2) is 8.13. The lowest BCUT2D eigenvalue weighted by atomic mass is 10.0. The fourth-order valence-corrected chi connectivity index (χ4v) is 2.31. The Labute approximate surface area is 145 Å². The van der Waals surface area contributed by atoms with E-state index in [9.17, 15) is 9.59 Å². The molecule has 0 aliphatic carbocycles. The lowest BCUT2D eigenvalue weighted by Crippen LogP contribution is -2.29. The first-order valence-electron chi connectivity index (χ1n) is 7.46. The molecule has 0 fully saturated rings. The van der Waals surface area contributed by atoms with Gasteiger partial charge in [-0.15, -0.1) is 0 Å². The summed E-state index contributed by atoms with van der Waals surface area (Å²) in [5, 5.41) is 7.68. The van der Waals surface area contributed by atoms with Gasteiger partial charge < -0.3 is 14.2 Å². The van der Waals surface area contributed by atoms with E-state index in [4.69, 9.17) is 14.2 Å². The maximum Gasteiger partial charge on any atom is 0.249 e. The quantitative estimate of drug-likeness (QED) is 0.556. The van der Waals surface area contributed by atoms with Gasteiger partial charge in [-0.25, -0.2) is 10.9 Å². The van der Waals surface area contributed by atoms with Gasteiger partial charge in [0, 0.05) is 17.7 Å². The summed E-state index contributed by atoms with van der Waals surface area (Å²) >= 11 is 0. The van der Waals surface area contributed by atoms with Crippen LogP contribution in [-0.2, 0) is 9.59 Å². The van der Waals surface area contributed by atoms with Crippen LogP contribution in [0.25, 0.3) is 0 Å². The van der Waals surface area contributed by atoms with Crippen LogP contribution in [0.3, 0.4) is 0 Å². The van der Waals surface area contributed by atoms with E-state index in [-0.39, 0.29) is 18.2 Å². The van der Waals surface area contributed by atoms with Crippen LogP contribution >= 0.6 is 0 Å². The highest BCUT2D eigenvalue weighted by Crippen LogP contribution is 2.37. The molecule has 0 saturated heterocycles. The molecule has 25 heavy (non-hydrogen) atoms. The summed E-state index contributed by atoms with van der Waals surface area (Å²) in [6.07, 6.45) is 1.42. The van der Waals surface area contributed by atoms with E-state index >= 15 is 0 Å². The second-order valence-corrected chi connectivity index (χ2v) is 5.24. The van der Waals surface area contributed by atoms with E-state index < -0.39 is 5.92 Å². The Morgan fingerprint density at radius 1 is 1.28 bits per heavy atom. The third kappa shape index (κ3) is 4.25. The fourth-order valence-electron chi connectivity index (χ4n) is 2.31. The van der Waals surface area contributed by atoms with E-state index in [1.165, 1.54) is 27.5 Å². The Morgan fingerprint density at radius 2 is 1.92 bits per heavy atom. The lowest BCUT2D eigenvalue weighted by Gasteiger charge is -2.12. The van der Waals surface area contributed by atoms with Crippen molar-refractivity contribution in [2.45, 2.75) is 13.3 Å². The Hall–Kier alpha value is -3.10. The molecule has 1 aromatic carbocycles. The van der Waals surface area contributed by atoms with Gasteiger partial charge in [0.25, 0.3) is 0 Å². The van der Waals surface area contributed by atoms with Crippen LogP contribution in [0.2, 0.25) is 0 Å². The number of benzene rings is 1. The molecule has 2 N–H and O–H groups in total. The number of hydrogen-bond donors (Lipinski definition) is 2. The van der Waals surface area contributed by atoms with E-state index in [0.717, 1.165) is 0 Å². The van der Waals surface area contributed by atoms with Crippen molar-refractivity contribution in [3.63, 3.8) is 0 Å². The predicted molar refractivity (Wildman–Crippen MR) is 91.2 cm³/mol. The zero-order valence-corrected chi connectivity index (χ0v) is 14.5. The molecule has 9 nitrogen and oxygen atoms in total. The van der Waals surface area contributed by atoms with Crippen molar-refractivity contribution in [1.82, 2.24) is 10.9 Å². The molecule has 1 aliphatic rings. The van der Waals surface area contributed by atoms with Crippen molar-refractivity contribution in [2.24, 2.45) is 16.1 Å². The molecule has 0 spiro atoms. The molecular weight excluding hydrogens is 328 g/mol. The first kappa shape index (κ1) is 18.2. The summed E-state index contributed by atoms with van der Waals surface area (Å²) in [6, 6.07) is 3.39. The third-order valence-electron chi connectivity index (χ3n) is 3.64. The monoisotopic (exact) mass is 348 g/mol. The molecule has 1 aliphatic heterocycles. The highest BCUT2D eigenvalue weighted by atomic mass is 16.5. The normalized spacial score (nSPS) is 16.4. The van der Waals surface area contributed by atoms with Gasteiger partial charge >= 0.3 is 0 Å². The highest BCUT2D eigenvalue weighted by Gasteiger charge is 2.28. The minimum Gasteiger partial charge on any atom is -0.493 e. The van der Waals surface area contributed by atoms with Crippen LogP contribution in [0.15, 0.2) is 22.3 Å². The maximum absolute atomic E-state index is 11.9. The fraction of sp³-hybridized carbons (Fsp3) is 0.375. The summed E-state index contributed by atoms with van der Waals surface area (Å²) in [6.45, 7) is 1.69. The van der Waals surface area contributed by atoms with Crippen molar-refractivity contribution >= 4 is 23.7 Å². The number of methoxy groups -OCH3 is 3. The van der Waals surface area contributed by atoms with E-state index in [1.807, 2.05) is 0 Å². The summed E-state index contributed by atoms with van der Waals surface area (Å²) < 4.78 is 15.7. The van der Waals surface area contributed by atoms with Crippen LogP contribution in [0.4, 0.5) is 0 Å². The molecule has 1 aromatic rings. The molecule has 2 amide bonds. The summed E-state index contributed by atoms with van der Waals surface area (Å²) in [4.78, 5) is 23.4. The topological polar surface area (TPSA) is 111 Å². The molecular formula is C16H20N4O5. The Bertz CT molecular complexity index is 704. The number of amides is 2. The molecule has 0 aromatic heterocycles. The number of nitrogens with zero attached hydrogens (tertiary/aromatic N) is 2. The zero-order chi connectivity index (χ0) is 18.4. The SMILES string of the molecule is COc1cc(/C=N\NC(=O)C[C@@H]2C(=O)NN=C2C)cc(OC)c1OC. The van der Waals surface area contributed by atoms with Gasteiger partial charge in [0.15, 0.2) is 11.5 Å². The number of hydrazone groups is 2. The Balaban J connectivity index is 2.03. The highest BCUT2D eigenvalue weighted by molar-refractivity contribution is 6.09. The predicted octanol–water partition coefficient (Wildman–Crippen LogP) is 0.674. The molecule has 1 atom stereocenters. The summed E-state index contributed by atoms with van der Waals surface area (Å²) in [7, 11) is 4.53. The molecule has 0 radical (unpaired) electrons. The molecule has 1 heterocycles. The van der Waals surface area contributed by atoms with Gasteiger partial charge in [0.1, 0.15) is 0 Å². The van der Waals surface area contributed by atoms with Gasteiger partial charge in [-0.05, 0) is 19.1 Å². The standard InChI is InChI=1S/C16H20N4O5/c1-9-11(16(22)20-18-9)7-14(21)19-17-8-10-5-12(23-2)15(25-4)13(6-10)24-3/h5-6,8,11H,7H2,1-4H3,(H,19,21)(H,20,22)/b17-8-/t11-/m0/s1. The van der Waals surface area contributed by atoms with E-state index in [2.05, 4.69) is 21.1 Å². The number of rotatable bonds is 7. The molecule has 0 saturated carbocycles. The molecule has 0 bridgehead atoms. The second-order valence-electron chi connectivity index (χ2n) is 5.24. The molecule has 134 valence electrons. The van der Waals surface area contributed by atoms with E-state index in [0.29, 0.717) is 28.5 Å². The number of carbonyl (C=O) groups excluding carboxylic acids is 2. The average molecular weight is 348 g/mol. The lowest BCUT2D eigenvalue weighted by molar-refractivity contribution is -0.127. The molecule has 2 rings (SSSR count). The minimum atomic E-state index is -0.559. The number of carbonyl (C=O) groups is 2. The largest absolute Gasteiger partial charge is 0.493 e. The van der Waals surface area contributed by atoms with Crippen molar-refractivity contribution in [3.05, 3.63) is 17.7 Å². The van der Waals surface area contributed by atoms with E-state index in [1.54, 1.807) is 19.1 Å². The first-order valence-corrected chi connectivity index (χ1v) is 7.46. The van der Waals surface area contributed by atoms with Gasteiger partial charge in [0.2, 0.25) is 17.6 Å². The zero-order valence-electron chi connectivity index (χ0n) is 14.5. The van der Waals surface area contributed by atoms with Gasteiger partial charge in [0.05, 0.1) is 33.5 Å². The van der Waals surface area contributed by atoms with Crippen molar-refractivity contribution in [2.75, 3.05) is 21.3 Å². The first-order chi connectivity index (χ1) is 12.0. The molecule has 0 unspecified atom stereocenters. The number of ether oxygens (including phenoxy) is 3. The smallest absolute Gasteiger partial charge is 0.249 e.